The molecule has 35 heavy (non-hydrogen) atoms. The van der Waals surface area contributed by atoms with E-state index in [4.69, 9.17) is 28.1 Å². The monoisotopic (exact) mass is 508 g/mol. The quantitative estimate of drug-likeness (QED) is 0.419. The zero-order valence-electron chi connectivity index (χ0n) is 18.7. The molecule has 11 heteroatoms. The van der Waals surface area contributed by atoms with E-state index in [1.54, 1.807) is 24.5 Å². The molecule has 6 rings (SSSR count). The van der Waals surface area contributed by atoms with Crippen molar-refractivity contribution in [2.75, 3.05) is 23.7 Å². The van der Waals surface area contributed by atoms with Crippen LogP contribution in [0.25, 0.3) is 11.2 Å². The normalized spacial score (nSPS) is 18.8. The average Bonchev–Trinajstić information content (AvgIpc) is 3.13. The molecule has 8 nitrogen and oxygen atoms in total. The highest BCUT2D eigenvalue weighted by atomic mass is 35.5. The SMILES string of the molecule is Nc1nccc(Sc2ccc3nc(N4CCC5(CC4)Cc4ncc(F)cc4[C@H]5N)cnc3n2)c1Cl. The third kappa shape index (κ3) is 3.95. The van der Waals surface area contributed by atoms with Crippen LogP contribution in [0.4, 0.5) is 16.0 Å². The van der Waals surface area contributed by atoms with Crippen molar-refractivity contribution in [3.05, 3.63) is 65.0 Å². The Labute approximate surface area is 210 Å². The number of anilines is 2. The van der Waals surface area contributed by atoms with Gasteiger partial charge in [-0.2, -0.15) is 0 Å². The molecule has 1 fully saturated rings. The van der Waals surface area contributed by atoms with Crippen molar-refractivity contribution in [2.45, 2.75) is 35.2 Å². The molecular formula is C24H22ClFN8S. The van der Waals surface area contributed by atoms with Gasteiger partial charge in [0.2, 0.25) is 0 Å². The van der Waals surface area contributed by atoms with Gasteiger partial charge in [0, 0.05) is 35.9 Å². The Bertz CT molecular complexity index is 1440. The van der Waals surface area contributed by atoms with E-state index >= 15 is 0 Å². The van der Waals surface area contributed by atoms with Crippen LogP contribution in [-0.4, -0.2) is 38.0 Å². The van der Waals surface area contributed by atoms with E-state index in [0.29, 0.717) is 10.7 Å². The van der Waals surface area contributed by atoms with Gasteiger partial charge in [0.05, 0.1) is 17.4 Å². The molecular weight excluding hydrogens is 487 g/mol. The highest BCUT2D eigenvalue weighted by molar-refractivity contribution is 7.99. The summed E-state index contributed by atoms with van der Waals surface area (Å²) in [4.78, 5) is 25.3. The van der Waals surface area contributed by atoms with E-state index in [0.717, 1.165) is 64.9 Å². The Balaban J connectivity index is 1.18. The number of hydrogen-bond donors (Lipinski definition) is 2. The summed E-state index contributed by atoms with van der Waals surface area (Å²) in [6, 6.07) is 6.95. The average molecular weight is 509 g/mol. The fraction of sp³-hybridized carbons (Fsp3) is 0.292. The van der Waals surface area contributed by atoms with E-state index in [1.165, 1.54) is 18.0 Å². The first-order valence-electron chi connectivity index (χ1n) is 11.3. The molecule has 4 N–H and O–H groups in total. The Hall–Kier alpha value is -3.08. The van der Waals surface area contributed by atoms with Crippen LogP contribution in [0.15, 0.2) is 52.8 Å². The summed E-state index contributed by atoms with van der Waals surface area (Å²) in [6.45, 7) is 1.60. The summed E-state index contributed by atoms with van der Waals surface area (Å²) in [6.07, 6.45) is 7.22. The van der Waals surface area contributed by atoms with Gasteiger partial charge in [-0.15, -0.1) is 0 Å². The molecule has 0 bridgehead atoms. The second-order valence-corrected chi connectivity index (χ2v) is 10.5. The summed E-state index contributed by atoms with van der Waals surface area (Å²) in [5.74, 6) is 0.770. The molecule has 1 saturated heterocycles. The van der Waals surface area contributed by atoms with Gasteiger partial charge in [-0.3, -0.25) is 4.98 Å². The summed E-state index contributed by atoms with van der Waals surface area (Å²) >= 11 is 7.66. The third-order valence-corrected chi connectivity index (χ3v) is 8.54. The van der Waals surface area contributed by atoms with Crippen molar-refractivity contribution in [3.63, 3.8) is 0 Å². The molecule has 0 radical (unpaired) electrons. The summed E-state index contributed by atoms with van der Waals surface area (Å²) in [5, 5.41) is 1.15. The topological polar surface area (TPSA) is 120 Å². The van der Waals surface area contributed by atoms with Crippen LogP contribution in [0.5, 0.6) is 0 Å². The second kappa shape index (κ2) is 8.54. The zero-order valence-corrected chi connectivity index (χ0v) is 20.2. The highest BCUT2D eigenvalue weighted by Crippen LogP contribution is 2.50. The summed E-state index contributed by atoms with van der Waals surface area (Å²) < 4.78 is 13.7. The summed E-state index contributed by atoms with van der Waals surface area (Å²) in [7, 11) is 0. The third-order valence-electron chi connectivity index (χ3n) is 7.03. The van der Waals surface area contributed by atoms with Crippen molar-refractivity contribution in [3.8, 4) is 0 Å². The van der Waals surface area contributed by atoms with Gasteiger partial charge in [0.25, 0.3) is 0 Å². The molecule has 178 valence electrons. The van der Waals surface area contributed by atoms with Crippen LogP contribution in [0.1, 0.15) is 30.1 Å². The Morgan fingerprint density at radius 2 is 1.91 bits per heavy atom. The maximum Gasteiger partial charge on any atom is 0.179 e. The first kappa shape index (κ1) is 22.4. The molecule has 0 saturated carbocycles. The first-order valence-corrected chi connectivity index (χ1v) is 12.5. The zero-order chi connectivity index (χ0) is 24.2. The van der Waals surface area contributed by atoms with E-state index in [9.17, 15) is 4.39 Å². The van der Waals surface area contributed by atoms with Gasteiger partial charge in [-0.1, -0.05) is 23.4 Å². The van der Waals surface area contributed by atoms with Crippen LogP contribution >= 0.6 is 23.4 Å². The number of piperidine rings is 1. The molecule has 1 aliphatic heterocycles. The minimum atomic E-state index is -0.330. The van der Waals surface area contributed by atoms with Crippen LogP contribution < -0.4 is 16.4 Å². The van der Waals surface area contributed by atoms with Gasteiger partial charge in [0.15, 0.2) is 5.65 Å². The second-order valence-electron chi connectivity index (χ2n) is 9.02. The van der Waals surface area contributed by atoms with Crippen LogP contribution in [0.3, 0.4) is 0 Å². The minimum absolute atomic E-state index is 0.0881. The van der Waals surface area contributed by atoms with Gasteiger partial charge in [-0.05, 0) is 54.5 Å². The molecule has 1 spiro atoms. The number of hydrogen-bond acceptors (Lipinski definition) is 9. The predicted molar refractivity (Wildman–Crippen MR) is 134 cm³/mol. The Morgan fingerprint density at radius 1 is 1.09 bits per heavy atom. The van der Waals surface area contributed by atoms with E-state index < -0.39 is 0 Å². The number of fused-ring (bicyclic) bond motifs is 2. The fourth-order valence-electron chi connectivity index (χ4n) is 5.06. The molecule has 5 heterocycles. The molecule has 4 aromatic rings. The number of nitrogens with zero attached hydrogens (tertiary/aromatic N) is 6. The number of pyridine rings is 3. The predicted octanol–water partition coefficient (Wildman–Crippen LogP) is 4.18. The maximum absolute atomic E-state index is 13.7. The fourth-order valence-corrected chi connectivity index (χ4v) is 6.11. The van der Waals surface area contributed by atoms with Crippen molar-refractivity contribution < 1.29 is 4.39 Å². The molecule has 0 aromatic carbocycles. The number of aromatic nitrogens is 5. The van der Waals surface area contributed by atoms with Gasteiger partial charge in [-0.25, -0.2) is 24.3 Å². The van der Waals surface area contributed by atoms with E-state index in [2.05, 4.69) is 24.8 Å². The van der Waals surface area contributed by atoms with Crippen LogP contribution in [-0.2, 0) is 6.42 Å². The lowest BCUT2D eigenvalue weighted by Gasteiger charge is -2.42. The standard InChI is InChI=1S/C24H22ClFN8S/c25-20-17(3-6-29-22(20)28)35-19-2-1-15-23(33-19)31-12-18(32-15)34-7-4-24(5-8-34)10-16-14(21(24)27)9-13(26)11-30-16/h1-3,6,9,11-12,21H,4-5,7-8,10,27H2,(H2,28,29)/t21-/m1/s1. The molecule has 2 aliphatic rings. The smallest absolute Gasteiger partial charge is 0.179 e. The first-order chi connectivity index (χ1) is 16.9. The lowest BCUT2D eigenvalue weighted by molar-refractivity contribution is 0.186. The minimum Gasteiger partial charge on any atom is -0.382 e. The molecule has 0 unspecified atom stereocenters. The molecule has 4 aromatic heterocycles. The van der Waals surface area contributed by atoms with Crippen molar-refractivity contribution >= 4 is 46.2 Å². The van der Waals surface area contributed by atoms with Crippen LogP contribution in [0, 0.1) is 11.2 Å². The maximum atomic E-state index is 13.7. The summed E-state index contributed by atoms with van der Waals surface area (Å²) in [5.41, 5.74) is 15.3. The lowest BCUT2D eigenvalue weighted by Crippen LogP contribution is -2.44. The van der Waals surface area contributed by atoms with Gasteiger partial charge >= 0.3 is 0 Å². The van der Waals surface area contributed by atoms with Gasteiger partial charge in [0.1, 0.15) is 28.0 Å². The van der Waals surface area contributed by atoms with Crippen molar-refractivity contribution in [1.82, 2.24) is 24.9 Å². The molecule has 1 aliphatic carbocycles. The van der Waals surface area contributed by atoms with Crippen LogP contribution in [0.2, 0.25) is 5.02 Å². The number of nitrogen functional groups attached to an aromatic ring is 1. The van der Waals surface area contributed by atoms with E-state index in [1.807, 2.05) is 12.1 Å². The van der Waals surface area contributed by atoms with E-state index in [-0.39, 0.29) is 23.1 Å². The lowest BCUT2D eigenvalue weighted by atomic mass is 9.73. The van der Waals surface area contributed by atoms with Crippen molar-refractivity contribution in [1.29, 1.82) is 0 Å². The largest absolute Gasteiger partial charge is 0.382 e. The Morgan fingerprint density at radius 3 is 2.74 bits per heavy atom. The highest BCUT2D eigenvalue weighted by Gasteiger charge is 2.47. The number of rotatable bonds is 3. The molecule has 0 amide bonds. The van der Waals surface area contributed by atoms with Crippen molar-refractivity contribution in [2.24, 2.45) is 11.1 Å². The molecule has 1 atom stereocenters. The van der Waals surface area contributed by atoms with Gasteiger partial charge < -0.3 is 16.4 Å². The number of nitrogens with two attached hydrogens (primary N) is 2. The Kier molecular flexibility index (Phi) is 5.46. The number of halogens is 2.